The normalized spacial score (nSPS) is 28.8. The molecule has 0 saturated carbocycles. The molecule has 0 bridgehead atoms. The van der Waals surface area contributed by atoms with Gasteiger partial charge in [-0.3, -0.25) is 4.79 Å². The van der Waals surface area contributed by atoms with Crippen LogP contribution in [0.5, 0.6) is 0 Å². The SMILES string of the molecule is CS[C@@H]1O[C@H](COC(C)=O)[C@@H](O)[C@H](OCc2ccccc2)[C@H]1N=[N+]=[N-]. The lowest BCUT2D eigenvalue weighted by atomic mass is 9.98. The third-order valence-corrected chi connectivity index (χ3v) is 4.65. The quantitative estimate of drug-likeness (QED) is 0.342. The maximum atomic E-state index is 11.0. The van der Waals surface area contributed by atoms with Crippen LogP contribution >= 0.6 is 11.8 Å². The van der Waals surface area contributed by atoms with Gasteiger partial charge in [-0.25, -0.2) is 0 Å². The maximum absolute atomic E-state index is 11.0. The van der Waals surface area contributed by atoms with Crippen LogP contribution in [0, 0.1) is 0 Å². The van der Waals surface area contributed by atoms with Gasteiger partial charge in [0.2, 0.25) is 0 Å². The zero-order valence-corrected chi connectivity index (χ0v) is 14.8. The molecule has 2 rings (SSSR count). The van der Waals surface area contributed by atoms with Gasteiger partial charge in [0.15, 0.2) is 0 Å². The summed E-state index contributed by atoms with van der Waals surface area (Å²) in [5.41, 5.74) is 9.27. The zero-order valence-electron chi connectivity index (χ0n) is 14.0. The largest absolute Gasteiger partial charge is 0.463 e. The van der Waals surface area contributed by atoms with E-state index in [4.69, 9.17) is 19.7 Å². The first-order valence-electron chi connectivity index (χ1n) is 7.76. The Morgan fingerprint density at radius 1 is 1.44 bits per heavy atom. The third kappa shape index (κ3) is 5.35. The fourth-order valence-electron chi connectivity index (χ4n) is 2.58. The predicted octanol–water partition coefficient (Wildman–Crippen LogP) is 2.26. The highest BCUT2D eigenvalue weighted by atomic mass is 32.2. The highest BCUT2D eigenvalue weighted by molar-refractivity contribution is 7.99. The molecule has 1 saturated heterocycles. The van der Waals surface area contributed by atoms with Crippen LogP contribution in [0.25, 0.3) is 10.4 Å². The molecule has 136 valence electrons. The molecule has 25 heavy (non-hydrogen) atoms. The minimum absolute atomic E-state index is 0.0955. The van der Waals surface area contributed by atoms with Crippen LogP contribution < -0.4 is 0 Å². The lowest BCUT2D eigenvalue weighted by Crippen LogP contribution is -2.58. The molecule has 1 aliphatic rings. The summed E-state index contributed by atoms with van der Waals surface area (Å²) >= 11 is 1.34. The summed E-state index contributed by atoms with van der Waals surface area (Å²) in [6.07, 6.45) is -0.823. The van der Waals surface area contributed by atoms with Crippen molar-refractivity contribution in [2.75, 3.05) is 12.9 Å². The summed E-state index contributed by atoms with van der Waals surface area (Å²) < 4.78 is 16.6. The molecule has 1 heterocycles. The van der Waals surface area contributed by atoms with E-state index in [2.05, 4.69) is 10.0 Å². The van der Waals surface area contributed by atoms with Crippen LogP contribution in [0.2, 0.25) is 0 Å². The molecule has 0 spiro atoms. The van der Waals surface area contributed by atoms with Gasteiger partial charge in [-0.2, -0.15) is 0 Å². The molecule has 0 aliphatic carbocycles. The van der Waals surface area contributed by atoms with Crippen LogP contribution in [0.15, 0.2) is 35.4 Å². The van der Waals surface area contributed by atoms with Gasteiger partial charge < -0.3 is 19.3 Å². The summed E-state index contributed by atoms with van der Waals surface area (Å²) in [5.74, 6) is -0.463. The van der Waals surface area contributed by atoms with E-state index in [1.165, 1.54) is 18.7 Å². The molecule has 1 aliphatic heterocycles. The number of carbonyl (C=O) groups is 1. The predicted molar refractivity (Wildman–Crippen MR) is 92.8 cm³/mol. The molecule has 8 nitrogen and oxygen atoms in total. The summed E-state index contributed by atoms with van der Waals surface area (Å²) in [6.45, 7) is 1.44. The van der Waals surface area contributed by atoms with Gasteiger partial charge in [-0.1, -0.05) is 35.4 Å². The summed E-state index contributed by atoms with van der Waals surface area (Å²) in [5, 5.41) is 14.3. The highest BCUT2D eigenvalue weighted by Crippen LogP contribution is 2.32. The van der Waals surface area contributed by atoms with E-state index in [-0.39, 0.29) is 13.2 Å². The monoisotopic (exact) mass is 367 g/mol. The van der Waals surface area contributed by atoms with E-state index in [1.807, 2.05) is 30.3 Å². The van der Waals surface area contributed by atoms with Crippen molar-refractivity contribution in [3.63, 3.8) is 0 Å². The van der Waals surface area contributed by atoms with E-state index in [0.717, 1.165) is 5.56 Å². The Morgan fingerprint density at radius 2 is 2.16 bits per heavy atom. The van der Waals surface area contributed by atoms with E-state index in [0.29, 0.717) is 0 Å². The Bertz CT molecular complexity index is 611. The molecule has 1 aromatic rings. The highest BCUT2D eigenvalue weighted by Gasteiger charge is 2.45. The van der Waals surface area contributed by atoms with Gasteiger partial charge in [0, 0.05) is 11.8 Å². The summed E-state index contributed by atoms with van der Waals surface area (Å²) in [4.78, 5) is 13.9. The van der Waals surface area contributed by atoms with Gasteiger partial charge in [-0.15, -0.1) is 11.8 Å². The molecule has 9 heteroatoms. The number of benzene rings is 1. The smallest absolute Gasteiger partial charge is 0.302 e. The number of hydrogen-bond acceptors (Lipinski definition) is 7. The van der Waals surface area contributed by atoms with Crippen molar-refractivity contribution < 1.29 is 24.1 Å². The molecule has 5 atom stereocenters. The third-order valence-electron chi connectivity index (χ3n) is 3.80. The average molecular weight is 367 g/mol. The number of carbonyl (C=O) groups excluding carboxylic acids is 1. The molecular weight excluding hydrogens is 346 g/mol. The average Bonchev–Trinajstić information content (AvgIpc) is 2.61. The first-order chi connectivity index (χ1) is 12.1. The first-order valence-corrected chi connectivity index (χ1v) is 9.05. The number of hydrogen-bond donors (Lipinski definition) is 1. The Morgan fingerprint density at radius 3 is 2.76 bits per heavy atom. The van der Waals surface area contributed by atoms with E-state index in [9.17, 15) is 9.90 Å². The van der Waals surface area contributed by atoms with Crippen molar-refractivity contribution in [2.45, 2.75) is 43.3 Å². The number of ether oxygens (including phenoxy) is 3. The summed E-state index contributed by atoms with van der Waals surface area (Å²) in [7, 11) is 0. The van der Waals surface area contributed by atoms with Gasteiger partial charge in [-0.05, 0) is 17.4 Å². The standard InChI is InChI=1S/C16H21N3O5S/c1-10(20)22-9-12-14(21)15(13(18-19-17)16(24-12)25-2)23-8-11-6-4-3-5-7-11/h3-7,12-16,21H,8-9H2,1-2H3/t12-,13-,14-,15-,16+/m1/s1. The molecule has 1 fully saturated rings. The summed E-state index contributed by atoms with van der Waals surface area (Å²) in [6, 6.07) is 8.77. The molecule has 1 aromatic carbocycles. The van der Waals surface area contributed by atoms with Gasteiger partial charge in [0.1, 0.15) is 30.3 Å². The second kappa shape index (κ2) is 9.65. The van der Waals surface area contributed by atoms with Crippen LogP contribution in [0.4, 0.5) is 0 Å². The van der Waals surface area contributed by atoms with Gasteiger partial charge in [0.05, 0.1) is 12.7 Å². The lowest BCUT2D eigenvalue weighted by Gasteiger charge is -2.42. The van der Waals surface area contributed by atoms with Crippen LogP contribution in [0.3, 0.4) is 0 Å². The van der Waals surface area contributed by atoms with Crippen molar-refractivity contribution >= 4 is 17.7 Å². The van der Waals surface area contributed by atoms with E-state index in [1.54, 1.807) is 6.26 Å². The second-order valence-corrected chi connectivity index (χ2v) is 6.46. The van der Waals surface area contributed by atoms with Gasteiger partial charge >= 0.3 is 5.97 Å². The van der Waals surface area contributed by atoms with Crippen molar-refractivity contribution in [1.82, 2.24) is 0 Å². The topological polar surface area (TPSA) is 114 Å². The Balaban J connectivity index is 2.15. The van der Waals surface area contributed by atoms with Crippen LogP contribution in [0.1, 0.15) is 12.5 Å². The molecular formula is C16H21N3O5S. The first kappa shape index (κ1) is 19.6. The Labute approximate surface area is 150 Å². The lowest BCUT2D eigenvalue weighted by molar-refractivity contribution is -0.192. The number of rotatable bonds is 7. The number of thioether (sulfide) groups is 1. The minimum Gasteiger partial charge on any atom is -0.463 e. The van der Waals surface area contributed by atoms with Crippen molar-refractivity contribution in [3.8, 4) is 0 Å². The molecule has 1 N–H and O–H groups in total. The number of aliphatic hydroxyl groups is 1. The fourth-order valence-corrected chi connectivity index (χ4v) is 3.32. The van der Waals surface area contributed by atoms with Crippen LogP contribution in [-0.2, 0) is 25.6 Å². The number of nitrogens with zero attached hydrogens (tertiary/aromatic N) is 3. The molecule has 0 aromatic heterocycles. The molecule has 0 radical (unpaired) electrons. The number of azide groups is 1. The molecule has 0 amide bonds. The second-order valence-electron chi connectivity index (χ2n) is 5.53. The van der Waals surface area contributed by atoms with E-state index >= 15 is 0 Å². The Kier molecular flexibility index (Phi) is 7.54. The molecule has 0 unspecified atom stereocenters. The Hall–Kier alpha value is -1.77. The maximum Gasteiger partial charge on any atom is 0.302 e. The zero-order chi connectivity index (χ0) is 18.2. The van der Waals surface area contributed by atoms with Crippen molar-refractivity contribution in [2.24, 2.45) is 5.11 Å². The van der Waals surface area contributed by atoms with Crippen molar-refractivity contribution in [3.05, 3.63) is 46.3 Å². The van der Waals surface area contributed by atoms with Crippen molar-refractivity contribution in [1.29, 1.82) is 0 Å². The number of esters is 1. The fraction of sp³-hybridized carbons (Fsp3) is 0.562. The van der Waals surface area contributed by atoms with Crippen LogP contribution in [-0.4, -0.2) is 53.7 Å². The minimum atomic E-state index is -1.10. The van der Waals surface area contributed by atoms with E-state index < -0.39 is 35.8 Å². The number of aliphatic hydroxyl groups excluding tert-OH is 1. The van der Waals surface area contributed by atoms with Gasteiger partial charge in [0.25, 0.3) is 0 Å².